The normalized spacial score (nSPS) is 10.8. The predicted octanol–water partition coefficient (Wildman–Crippen LogP) is 4.15. The molecule has 0 saturated carbocycles. The van der Waals surface area contributed by atoms with E-state index in [1.54, 1.807) is 36.3 Å². The second-order valence-electron chi connectivity index (χ2n) is 6.55. The predicted molar refractivity (Wildman–Crippen MR) is 99.8 cm³/mol. The fraction of sp³-hybridized carbons (Fsp3) is 0.381. The second-order valence-corrected chi connectivity index (χ2v) is 6.55. The molecule has 0 unspecified atom stereocenters. The lowest BCUT2D eigenvalue weighted by Crippen LogP contribution is -2.37. The molecule has 0 radical (unpaired) electrons. The van der Waals surface area contributed by atoms with E-state index in [0.29, 0.717) is 36.9 Å². The van der Waals surface area contributed by atoms with Gasteiger partial charge in [-0.15, -0.1) is 0 Å². The van der Waals surface area contributed by atoms with E-state index in [-0.39, 0.29) is 18.3 Å². The van der Waals surface area contributed by atoms with Gasteiger partial charge in [-0.3, -0.25) is 4.79 Å². The number of rotatable bonds is 9. The average molecular weight is 359 g/mol. The first-order valence-electron chi connectivity index (χ1n) is 8.75. The highest BCUT2D eigenvalue weighted by Gasteiger charge is 2.20. The molecule has 2 aromatic carbocycles. The van der Waals surface area contributed by atoms with Gasteiger partial charge in [0, 0.05) is 20.2 Å². The molecule has 0 aromatic heterocycles. The first-order valence-corrected chi connectivity index (χ1v) is 8.75. The summed E-state index contributed by atoms with van der Waals surface area (Å²) in [5, 5.41) is 0. The van der Waals surface area contributed by atoms with Crippen molar-refractivity contribution in [2.24, 2.45) is 5.92 Å². The smallest absolute Gasteiger partial charge is 0.257 e. The molecule has 1 amide bonds. The summed E-state index contributed by atoms with van der Waals surface area (Å²) in [6.07, 6.45) is 0. The highest BCUT2D eigenvalue weighted by molar-refractivity contribution is 5.97. The van der Waals surface area contributed by atoms with E-state index in [4.69, 9.17) is 9.47 Å². The van der Waals surface area contributed by atoms with Crippen molar-refractivity contribution in [3.05, 3.63) is 65.5 Å². The van der Waals surface area contributed by atoms with E-state index in [1.807, 2.05) is 12.1 Å². The van der Waals surface area contributed by atoms with E-state index in [1.165, 1.54) is 12.1 Å². The maximum absolute atomic E-state index is 13.0. The standard InChI is InChI=1S/C21H26FNO3/c1-16(2)14-23(12-13-25-3)21(24)19-6-4-5-7-20(19)26-15-17-8-10-18(22)11-9-17/h4-11,16H,12-15H2,1-3H3. The van der Waals surface area contributed by atoms with Crippen LogP contribution >= 0.6 is 0 Å². The van der Waals surface area contributed by atoms with Crippen LogP contribution in [0.3, 0.4) is 0 Å². The maximum Gasteiger partial charge on any atom is 0.257 e. The minimum Gasteiger partial charge on any atom is -0.488 e. The van der Waals surface area contributed by atoms with Crippen molar-refractivity contribution in [2.75, 3.05) is 26.8 Å². The Balaban J connectivity index is 2.14. The van der Waals surface area contributed by atoms with Crippen LogP contribution in [0.4, 0.5) is 4.39 Å². The number of amides is 1. The van der Waals surface area contributed by atoms with Gasteiger partial charge in [0.15, 0.2) is 0 Å². The largest absolute Gasteiger partial charge is 0.488 e. The summed E-state index contributed by atoms with van der Waals surface area (Å²) < 4.78 is 24.0. The zero-order valence-electron chi connectivity index (χ0n) is 15.6. The lowest BCUT2D eigenvalue weighted by molar-refractivity contribution is 0.0667. The molecule has 0 heterocycles. The van der Waals surface area contributed by atoms with Crippen LogP contribution in [0.2, 0.25) is 0 Å². The third-order valence-corrected chi connectivity index (χ3v) is 3.86. The Hall–Kier alpha value is -2.40. The quantitative estimate of drug-likeness (QED) is 0.675. The van der Waals surface area contributed by atoms with Crippen molar-refractivity contribution < 1.29 is 18.7 Å². The minimum absolute atomic E-state index is 0.0783. The lowest BCUT2D eigenvalue weighted by atomic mass is 10.1. The number of halogens is 1. The Bertz CT molecular complexity index is 701. The Morgan fingerprint density at radius 1 is 1.12 bits per heavy atom. The summed E-state index contributed by atoms with van der Waals surface area (Å²) in [7, 11) is 1.62. The Morgan fingerprint density at radius 2 is 1.81 bits per heavy atom. The van der Waals surface area contributed by atoms with Gasteiger partial charge in [-0.2, -0.15) is 0 Å². The summed E-state index contributed by atoms with van der Waals surface area (Å²) in [6.45, 7) is 6.08. The molecule has 140 valence electrons. The molecule has 0 N–H and O–H groups in total. The maximum atomic E-state index is 13.0. The van der Waals surface area contributed by atoms with E-state index in [0.717, 1.165) is 5.56 Å². The van der Waals surface area contributed by atoms with Gasteiger partial charge in [-0.05, 0) is 35.7 Å². The Morgan fingerprint density at radius 3 is 2.46 bits per heavy atom. The van der Waals surface area contributed by atoms with Crippen molar-refractivity contribution in [2.45, 2.75) is 20.5 Å². The number of hydrogen-bond acceptors (Lipinski definition) is 3. The van der Waals surface area contributed by atoms with Gasteiger partial charge in [0.2, 0.25) is 0 Å². The number of carbonyl (C=O) groups excluding carboxylic acids is 1. The molecule has 0 aliphatic rings. The number of para-hydroxylation sites is 1. The van der Waals surface area contributed by atoms with Crippen LogP contribution in [-0.2, 0) is 11.3 Å². The molecular formula is C21H26FNO3. The van der Waals surface area contributed by atoms with Gasteiger partial charge in [0.25, 0.3) is 5.91 Å². The van der Waals surface area contributed by atoms with Gasteiger partial charge in [-0.25, -0.2) is 4.39 Å². The van der Waals surface area contributed by atoms with Crippen LogP contribution in [-0.4, -0.2) is 37.6 Å². The molecule has 0 fully saturated rings. The number of carbonyl (C=O) groups is 1. The van der Waals surface area contributed by atoms with E-state index in [2.05, 4.69) is 13.8 Å². The molecule has 4 nitrogen and oxygen atoms in total. The molecule has 0 saturated heterocycles. The van der Waals surface area contributed by atoms with E-state index < -0.39 is 0 Å². The van der Waals surface area contributed by atoms with Crippen LogP contribution in [0.25, 0.3) is 0 Å². The minimum atomic E-state index is -0.285. The van der Waals surface area contributed by atoms with Gasteiger partial charge < -0.3 is 14.4 Å². The van der Waals surface area contributed by atoms with Gasteiger partial charge >= 0.3 is 0 Å². The highest BCUT2D eigenvalue weighted by atomic mass is 19.1. The Labute approximate surface area is 154 Å². The molecular weight excluding hydrogens is 333 g/mol. The van der Waals surface area contributed by atoms with Crippen LogP contribution in [0, 0.1) is 11.7 Å². The summed E-state index contributed by atoms with van der Waals surface area (Å²) >= 11 is 0. The Kier molecular flexibility index (Phi) is 7.60. The SMILES string of the molecule is COCCN(CC(C)C)C(=O)c1ccccc1OCc1ccc(F)cc1. The number of methoxy groups -OCH3 is 1. The van der Waals surface area contributed by atoms with Crippen LogP contribution in [0.5, 0.6) is 5.75 Å². The lowest BCUT2D eigenvalue weighted by Gasteiger charge is -2.25. The van der Waals surface area contributed by atoms with E-state index in [9.17, 15) is 9.18 Å². The van der Waals surface area contributed by atoms with Crippen molar-refractivity contribution in [3.63, 3.8) is 0 Å². The number of ether oxygens (including phenoxy) is 2. The first kappa shape index (κ1) is 19.9. The number of benzene rings is 2. The molecule has 0 aliphatic heterocycles. The third kappa shape index (κ3) is 5.85. The average Bonchev–Trinajstić information content (AvgIpc) is 2.64. The van der Waals surface area contributed by atoms with Crippen LogP contribution in [0.15, 0.2) is 48.5 Å². The fourth-order valence-electron chi connectivity index (χ4n) is 2.60. The van der Waals surface area contributed by atoms with E-state index >= 15 is 0 Å². The molecule has 2 rings (SSSR count). The van der Waals surface area contributed by atoms with Crippen LogP contribution in [0.1, 0.15) is 29.8 Å². The molecule has 26 heavy (non-hydrogen) atoms. The number of nitrogens with zero attached hydrogens (tertiary/aromatic N) is 1. The topological polar surface area (TPSA) is 38.8 Å². The summed E-state index contributed by atoms with van der Waals surface area (Å²) in [6, 6.07) is 13.3. The van der Waals surface area contributed by atoms with Crippen LogP contribution < -0.4 is 4.74 Å². The zero-order valence-corrected chi connectivity index (χ0v) is 15.6. The molecule has 0 bridgehead atoms. The summed E-state index contributed by atoms with van der Waals surface area (Å²) in [4.78, 5) is 14.8. The summed E-state index contributed by atoms with van der Waals surface area (Å²) in [5.74, 6) is 0.508. The number of hydrogen-bond donors (Lipinski definition) is 0. The summed E-state index contributed by atoms with van der Waals surface area (Å²) in [5.41, 5.74) is 1.36. The second kappa shape index (κ2) is 9.92. The van der Waals surface area contributed by atoms with Crippen molar-refractivity contribution in [1.29, 1.82) is 0 Å². The molecule has 0 spiro atoms. The molecule has 0 atom stereocenters. The molecule has 0 aliphatic carbocycles. The van der Waals surface area contributed by atoms with Gasteiger partial charge in [0.1, 0.15) is 18.2 Å². The highest BCUT2D eigenvalue weighted by Crippen LogP contribution is 2.22. The monoisotopic (exact) mass is 359 g/mol. The van der Waals surface area contributed by atoms with Crippen molar-refractivity contribution in [3.8, 4) is 5.75 Å². The van der Waals surface area contributed by atoms with Crippen molar-refractivity contribution >= 4 is 5.91 Å². The van der Waals surface area contributed by atoms with Gasteiger partial charge in [-0.1, -0.05) is 38.1 Å². The zero-order chi connectivity index (χ0) is 18.9. The molecule has 2 aromatic rings. The fourth-order valence-corrected chi connectivity index (χ4v) is 2.60. The van der Waals surface area contributed by atoms with Crippen molar-refractivity contribution in [1.82, 2.24) is 4.90 Å². The van der Waals surface area contributed by atoms with Gasteiger partial charge in [0.05, 0.1) is 12.2 Å². The molecule has 5 heteroatoms. The third-order valence-electron chi connectivity index (χ3n) is 3.86. The first-order chi connectivity index (χ1) is 12.5.